The summed E-state index contributed by atoms with van der Waals surface area (Å²) in [5, 5.41) is 2.07. The molecule has 7 heteroatoms. The zero-order chi connectivity index (χ0) is 31.3. The van der Waals surface area contributed by atoms with E-state index in [-0.39, 0.29) is 42.1 Å². The van der Waals surface area contributed by atoms with Crippen LogP contribution in [0.15, 0.2) is 127 Å². The van der Waals surface area contributed by atoms with Gasteiger partial charge in [-0.3, -0.25) is 19.3 Å². The Bertz CT molecular complexity index is 1580. The fraction of sp³-hybridized carbons (Fsp3) is 0.243. The van der Waals surface area contributed by atoms with Crippen molar-refractivity contribution in [1.29, 1.82) is 0 Å². The molecule has 0 bridgehead atoms. The summed E-state index contributed by atoms with van der Waals surface area (Å²) in [6.07, 6.45) is 6.94. The van der Waals surface area contributed by atoms with E-state index in [0.717, 1.165) is 35.3 Å². The maximum atomic E-state index is 13.9. The lowest BCUT2D eigenvalue weighted by atomic mass is 9.97. The fourth-order valence-corrected chi connectivity index (χ4v) is 5.14. The Hall–Kier alpha value is -5.04. The van der Waals surface area contributed by atoms with Crippen LogP contribution in [0.1, 0.15) is 59.9 Å². The van der Waals surface area contributed by atoms with Gasteiger partial charge in [-0.2, -0.15) is 0 Å². The fourth-order valence-electron chi connectivity index (χ4n) is 5.14. The molecule has 1 amide bonds. The van der Waals surface area contributed by atoms with Crippen molar-refractivity contribution in [3.05, 3.63) is 155 Å². The molecule has 3 aromatic carbocycles. The number of unbranched alkanes of at least 4 members (excludes halogenated alkanes) is 1. The number of hydrogen-bond donors (Lipinski definition) is 0. The van der Waals surface area contributed by atoms with Crippen LogP contribution in [-0.2, 0) is 6.61 Å². The first-order chi connectivity index (χ1) is 21.6. The minimum Gasteiger partial charge on any atom is -0.493 e. The van der Waals surface area contributed by atoms with Crippen molar-refractivity contribution in [3.63, 3.8) is 0 Å². The van der Waals surface area contributed by atoms with E-state index in [1.165, 1.54) is 6.07 Å². The van der Waals surface area contributed by atoms with Crippen molar-refractivity contribution in [2.24, 2.45) is 0 Å². The van der Waals surface area contributed by atoms with Crippen molar-refractivity contribution >= 4 is 5.91 Å². The Morgan fingerprint density at radius 3 is 2.23 bits per heavy atom. The van der Waals surface area contributed by atoms with Crippen molar-refractivity contribution in [1.82, 2.24) is 9.58 Å². The highest BCUT2D eigenvalue weighted by molar-refractivity contribution is 5.96. The molecule has 0 N–H and O–H groups in total. The molecular formula is C37H41N3O4. The third-order valence-electron chi connectivity index (χ3n) is 7.13. The smallest absolute Gasteiger partial charge is 0.278 e. The number of para-hydroxylation sites is 1. The number of allylic oxidation sites excluding steroid dienone is 1. The Labute approximate surface area is 260 Å². The Morgan fingerprint density at radius 1 is 0.841 bits per heavy atom. The summed E-state index contributed by atoms with van der Waals surface area (Å²) in [5.41, 5.74) is 2.66. The van der Waals surface area contributed by atoms with Crippen LogP contribution < -0.4 is 19.9 Å². The molecule has 228 valence electrons. The summed E-state index contributed by atoms with van der Waals surface area (Å²) in [6, 6.07) is 28.7. The molecule has 1 aliphatic heterocycles. The van der Waals surface area contributed by atoms with Crippen LogP contribution in [0.3, 0.4) is 0 Å². The highest BCUT2D eigenvalue weighted by Gasteiger charge is 2.37. The molecule has 0 saturated carbocycles. The third-order valence-corrected chi connectivity index (χ3v) is 7.13. The summed E-state index contributed by atoms with van der Waals surface area (Å²) >= 11 is 0. The lowest BCUT2D eigenvalue weighted by Crippen LogP contribution is -2.55. The Kier molecular flexibility index (Phi) is 11.6. The van der Waals surface area contributed by atoms with Crippen LogP contribution in [0, 0.1) is 0 Å². The second kappa shape index (κ2) is 16.0. The van der Waals surface area contributed by atoms with E-state index in [2.05, 4.69) is 30.3 Å². The maximum Gasteiger partial charge on any atom is 0.278 e. The second-order valence-electron chi connectivity index (χ2n) is 10.0. The largest absolute Gasteiger partial charge is 0.493 e. The van der Waals surface area contributed by atoms with Crippen molar-refractivity contribution < 1.29 is 14.3 Å². The van der Waals surface area contributed by atoms with Crippen LogP contribution in [0.2, 0.25) is 0 Å². The molecule has 44 heavy (non-hydrogen) atoms. The minimum absolute atomic E-state index is 0.0193. The summed E-state index contributed by atoms with van der Waals surface area (Å²) in [7, 11) is 0. The highest BCUT2D eigenvalue weighted by atomic mass is 16.5. The number of benzene rings is 3. The van der Waals surface area contributed by atoms with E-state index in [1.807, 2.05) is 92.7 Å². The third kappa shape index (κ3) is 7.29. The van der Waals surface area contributed by atoms with Gasteiger partial charge in [-0.05, 0) is 30.0 Å². The molecule has 5 rings (SSSR count). The number of hydrogen-bond acceptors (Lipinski definition) is 5. The van der Waals surface area contributed by atoms with Gasteiger partial charge < -0.3 is 14.4 Å². The predicted octanol–water partition coefficient (Wildman–Crippen LogP) is 7.13. The van der Waals surface area contributed by atoms with E-state index in [0.29, 0.717) is 13.2 Å². The van der Waals surface area contributed by atoms with E-state index >= 15 is 0 Å². The van der Waals surface area contributed by atoms with Gasteiger partial charge in [-0.1, -0.05) is 105 Å². The lowest BCUT2D eigenvalue weighted by molar-refractivity contribution is 0.0698. The molecule has 0 fully saturated rings. The maximum absolute atomic E-state index is 13.9. The highest BCUT2D eigenvalue weighted by Crippen LogP contribution is 2.37. The van der Waals surface area contributed by atoms with Crippen molar-refractivity contribution in [2.75, 3.05) is 24.8 Å². The Morgan fingerprint density at radius 2 is 1.52 bits per heavy atom. The minimum atomic E-state index is -0.356. The Balaban J connectivity index is 0.00000216. The molecule has 1 atom stereocenters. The van der Waals surface area contributed by atoms with Gasteiger partial charge in [0.25, 0.3) is 5.91 Å². The molecule has 0 radical (unpaired) electrons. The van der Waals surface area contributed by atoms with E-state index < -0.39 is 0 Å². The second-order valence-corrected chi connectivity index (χ2v) is 10.0. The van der Waals surface area contributed by atoms with Gasteiger partial charge in [0.05, 0.1) is 6.61 Å². The zero-order valence-corrected chi connectivity index (χ0v) is 25.6. The van der Waals surface area contributed by atoms with Gasteiger partial charge in [0.1, 0.15) is 25.1 Å². The lowest BCUT2D eigenvalue weighted by Gasteiger charge is -2.44. The monoisotopic (exact) mass is 591 g/mol. The average molecular weight is 592 g/mol. The van der Waals surface area contributed by atoms with Crippen LogP contribution in [0.25, 0.3) is 0 Å². The first-order valence-electron chi connectivity index (χ1n) is 15.1. The normalized spacial score (nSPS) is 12.8. The standard InChI is InChI=1S/C35H35N3O4.C2H6/c1-3-5-14-24-41-31-20-13-12-19-29(31)32(28-17-10-7-11-18-28)38-26-36(22-4-2)35(40)33-34(30(39)21-23-37(33)38)42-25-27-15-8-6-9-16-27;1-2/h3-4,6-13,15-21,23,32H,1-2,5,14,22,24-26H2;1-2H3. The quantitative estimate of drug-likeness (QED) is 0.122. The number of aromatic nitrogens is 1. The first-order valence-corrected chi connectivity index (χ1v) is 15.1. The number of carbonyl (C=O) groups excluding carboxylic acids is 1. The van der Waals surface area contributed by atoms with Gasteiger partial charge in [-0.25, -0.2) is 0 Å². The van der Waals surface area contributed by atoms with Gasteiger partial charge in [0.15, 0.2) is 11.4 Å². The van der Waals surface area contributed by atoms with Gasteiger partial charge in [-0.15, -0.1) is 13.2 Å². The molecular weight excluding hydrogens is 550 g/mol. The number of pyridine rings is 1. The summed E-state index contributed by atoms with van der Waals surface area (Å²) in [4.78, 5) is 28.7. The molecule has 0 saturated heterocycles. The van der Waals surface area contributed by atoms with Crippen molar-refractivity contribution in [2.45, 2.75) is 39.3 Å². The molecule has 1 unspecified atom stereocenters. The summed E-state index contributed by atoms with van der Waals surface area (Å²) in [5.74, 6) is 0.476. The number of rotatable bonds is 13. The van der Waals surface area contributed by atoms with Gasteiger partial charge in [0.2, 0.25) is 5.43 Å². The number of nitrogens with zero attached hydrogens (tertiary/aromatic N) is 3. The van der Waals surface area contributed by atoms with E-state index in [1.54, 1.807) is 21.8 Å². The summed E-state index contributed by atoms with van der Waals surface area (Å²) in [6.45, 7) is 12.9. The van der Waals surface area contributed by atoms with E-state index in [9.17, 15) is 9.59 Å². The van der Waals surface area contributed by atoms with Crippen LogP contribution >= 0.6 is 0 Å². The number of fused-ring (bicyclic) bond motifs is 1. The van der Waals surface area contributed by atoms with Crippen molar-refractivity contribution in [3.8, 4) is 11.5 Å². The number of ether oxygens (including phenoxy) is 2. The molecule has 2 heterocycles. The molecule has 0 spiro atoms. The summed E-state index contributed by atoms with van der Waals surface area (Å²) < 4.78 is 14.1. The predicted molar refractivity (Wildman–Crippen MR) is 177 cm³/mol. The van der Waals surface area contributed by atoms with Gasteiger partial charge >= 0.3 is 0 Å². The van der Waals surface area contributed by atoms with Crippen LogP contribution in [-0.4, -0.2) is 35.3 Å². The zero-order valence-electron chi connectivity index (χ0n) is 25.6. The first kappa shape index (κ1) is 31.9. The van der Waals surface area contributed by atoms with Gasteiger partial charge in [0, 0.05) is 24.4 Å². The molecule has 4 aromatic rings. The molecule has 7 nitrogen and oxygen atoms in total. The van der Waals surface area contributed by atoms with Crippen LogP contribution in [0.4, 0.5) is 0 Å². The average Bonchev–Trinajstić information content (AvgIpc) is 3.07. The van der Waals surface area contributed by atoms with E-state index in [4.69, 9.17) is 9.47 Å². The SMILES string of the molecule is C=CCCCOc1ccccc1C(c1ccccc1)N1CN(CC=C)C(=O)c2c(OCc3ccccc3)c(=O)ccn21.CC. The topological polar surface area (TPSA) is 64.0 Å². The number of amides is 1. The molecule has 1 aromatic heterocycles. The number of carbonyl (C=O) groups is 1. The molecule has 1 aliphatic rings. The van der Waals surface area contributed by atoms with Crippen LogP contribution in [0.5, 0.6) is 11.5 Å². The molecule has 0 aliphatic carbocycles.